The summed E-state index contributed by atoms with van der Waals surface area (Å²) in [6.07, 6.45) is 6.30. The molecule has 0 aromatic carbocycles. The van der Waals surface area contributed by atoms with Gasteiger partial charge in [0.25, 0.3) is 0 Å². The van der Waals surface area contributed by atoms with Crippen molar-refractivity contribution >= 4 is 5.97 Å². The predicted molar refractivity (Wildman–Crippen MR) is 79.8 cm³/mol. The number of ether oxygens (including phenoxy) is 2. The number of esters is 1. The minimum atomic E-state index is -0.956. The molecule has 0 aromatic heterocycles. The predicted octanol–water partition coefficient (Wildman–Crippen LogP) is 3.28. The van der Waals surface area contributed by atoms with E-state index in [1.807, 2.05) is 13.0 Å². The maximum atomic E-state index is 12.1. The Balaban J connectivity index is 3.02. The summed E-state index contributed by atoms with van der Waals surface area (Å²) in [6.45, 7) is 9.66. The molecule has 2 unspecified atom stereocenters. The van der Waals surface area contributed by atoms with E-state index in [1.54, 1.807) is 13.8 Å². The topological polar surface area (TPSA) is 61.5 Å². The highest BCUT2D eigenvalue weighted by Crippen LogP contribution is 2.29. The molecule has 0 radical (unpaired) electrons. The van der Waals surface area contributed by atoms with Gasteiger partial charge in [-0.05, 0) is 25.7 Å². The maximum Gasteiger partial charge on any atom is 0.340 e. The van der Waals surface area contributed by atoms with Crippen LogP contribution in [0.2, 0.25) is 0 Å². The molecule has 0 bridgehead atoms. The van der Waals surface area contributed by atoms with Crippen LogP contribution in [0.3, 0.4) is 0 Å². The lowest BCUT2D eigenvalue weighted by molar-refractivity contribution is -0.241. The van der Waals surface area contributed by atoms with Crippen LogP contribution < -0.4 is 5.73 Å². The van der Waals surface area contributed by atoms with Crippen LogP contribution in [0.5, 0.6) is 0 Å². The van der Waals surface area contributed by atoms with Crippen LogP contribution in [-0.2, 0) is 14.3 Å². The zero-order chi connectivity index (χ0) is 15.3. The van der Waals surface area contributed by atoms with Crippen LogP contribution >= 0.6 is 0 Å². The molecule has 4 nitrogen and oxygen atoms in total. The lowest BCUT2D eigenvalue weighted by atomic mass is 9.89. The van der Waals surface area contributed by atoms with Crippen LogP contribution in [0.15, 0.2) is 23.3 Å². The van der Waals surface area contributed by atoms with Crippen molar-refractivity contribution in [2.75, 3.05) is 0 Å². The molecule has 114 valence electrons. The van der Waals surface area contributed by atoms with E-state index < -0.39 is 12.0 Å². The highest BCUT2D eigenvalue weighted by Gasteiger charge is 2.37. The SMILES string of the molecule is C/C=C(\CC)C(/C=C1/C(=O)OC(C)(C)OC1N)CCC. The standard InChI is InChI=1S/C16H27NO3/c1-6-9-12(11(7-2)8-3)10-13-14(17)19-16(4,5)20-15(13)18/h7,10,12,14H,6,8-9,17H2,1-5H3/b11-7+,13-10+. The van der Waals surface area contributed by atoms with Crippen LogP contribution in [0.4, 0.5) is 0 Å². The normalized spacial score (nSPS) is 26.5. The van der Waals surface area contributed by atoms with Crippen molar-refractivity contribution in [2.45, 2.75) is 65.9 Å². The van der Waals surface area contributed by atoms with Gasteiger partial charge in [0.05, 0.1) is 5.57 Å². The van der Waals surface area contributed by atoms with E-state index in [4.69, 9.17) is 15.2 Å². The summed E-state index contributed by atoms with van der Waals surface area (Å²) in [4.78, 5) is 12.1. The molecule has 1 saturated heterocycles. The molecule has 2 N–H and O–H groups in total. The van der Waals surface area contributed by atoms with Crippen molar-refractivity contribution in [3.63, 3.8) is 0 Å². The molecule has 4 heteroatoms. The van der Waals surface area contributed by atoms with Crippen LogP contribution in [0, 0.1) is 5.92 Å². The zero-order valence-corrected chi connectivity index (χ0v) is 13.2. The van der Waals surface area contributed by atoms with E-state index in [0.717, 1.165) is 19.3 Å². The average molecular weight is 281 g/mol. The van der Waals surface area contributed by atoms with Gasteiger partial charge < -0.3 is 15.2 Å². The molecule has 0 aromatic rings. The summed E-state index contributed by atoms with van der Waals surface area (Å²) in [7, 11) is 0. The smallest absolute Gasteiger partial charge is 0.340 e. The summed E-state index contributed by atoms with van der Waals surface area (Å²) in [5, 5.41) is 0. The summed E-state index contributed by atoms with van der Waals surface area (Å²) in [6, 6.07) is 0. The first-order chi connectivity index (χ1) is 9.34. The molecule has 1 aliphatic heterocycles. The lowest BCUT2D eigenvalue weighted by Gasteiger charge is -2.35. The maximum absolute atomic E-state index is 12.1. The van der Waals surface area contributed by atoms with Gasteiger partial charge in [-0.2, -0.15) is 0 Å². The Hall–Kier alpha value is -1.13. The molecule has 2 atom stereocenters. The first-order valence-corrected chi connectivity index (χ1v) is 7.38. The molecule has 1 aliphatic rings. The van der Waals surface area contributed by atoms with Crippen LogP contribution in [0.1, 0.15) is 53.9 Å². The van der Waals surface area contributed by atoms with E-state index in [1.165, 1.54) is 5.57 Å². The summed E-state index contributed by atoms with van der Waals surface area (Å²) < 4.78 is 10.8. The van der Waals surface area contributed by atoms with E-state index in [-0.39, 0.29) is 11.9 Å². The van der Waals surface area contributed by atoms with E-state index in [2.05, 4.69) is 19.9 Å². The van der Waals surface area contributed by atoms with Gasteiger partial charge in [0.2, 0.25) is 5.79 Å². The number of carbonyl (C=O) groups is 1. The second-order valence-electron chi connectivity index (χ2n) is 5.56. The van der Waals surface area contributed by atoms with Gasteiger partial charge >= 0.3 is 5.97 Å². The highest BCUT2D eigenvalue weighted by atomic mass is 16.7. The van der Waals surface area contributed by atoms with Crippen molar-refractivity contribution in [3.8, 4) is 0 Å². The van der Waals surface area contributed by atoms with Crippen LogP contribution in [0.25, 0.3) is 0 Å². The van der Waals surface area contributed by atoms with E-state index in [9.17, 15) is 4.79 Å². The fraction of sp³-hybridized carbons (Fsp3) is 0.688. The molecule has 1 rings (SSSR count). The molecular formula is C16H27NO3. The largest absolute Gasteiger partial charge is 0.430 e. The molecule has 1 heterocycles. The Morgan fingerprint density at radius 1 is 1.45 bits per heavy atom. The molecule has 20 heavy (non-hydrogen) atoms. The van der Waals surface area contributed by atoms with Gasteiger partial charge in [0.1, 0.15) is 6.23 Å². The average Bonchev–Trinajstić information content (AvgIpc) is 2.33. The second-order valence-corrected chi connectivity index (χ2v) is 5.56. The minimum Gasteiger partial charge on any atom is -0.430 e. The van der Waals surface area contributed by atoms with Gasteiger partial charge in [-0.1, -0.05) is 38.0 Å². The van der Waals surface area contributed by atoms with Crippen molar-refractivity contribution in [1.82, 2.24) is 0 Å². The van der Waals surface area contributed by atoms with E-state index >= 15 is 0 Å². The van der Waals surface area contributed by atoms with Crippen molar-refractivity contribution in [1.29, 1.82) is 0 Å². The molecular weight excluding hydrogens is 254 g/mol. The molecule has 0 saturated carbocycles. The Kier molecular flexibility index (Phi) is 5.96. The summed E-state index contributed by atoms with van der Waals surface area (Å²) in [5.41, 5.74) is 7.70. The Bertz CT molecular complexity index is 410. The number of nitrogens with two attached hydrogens (primary N) is 1. The summed E-state index contributed by atoms with van der Waals surface area (Å²) in [5.74, 6) is -1.11. The van der Waals surface area contributed by atoms with Gasteiger partial charge in [0.15, 0.2) is 0 Å². The Morgan fingerprint density at radius 2 is 2.10 bits per heavy atom. The number of hydrogen-bond acceptors (Lipinski definition) is 4. The molecule has 0 amide bonds. The first kappa shape index (κ1) is 16.9. The third-order valence-electron chi connectivity index (χ3n) is 3.53. The fourth-order valence-electron chi connectivity index (χ4n) is 2.54. The van der Waals surface area contributed by atoms with Gasteiger partial charge in [-0.25, -0.2) is 4.79 Å². The number of cyclic esters (lactones) is 1. The van der Waals surface area contributed by atoms with Crippen molar-refractivity contribution in [3.05, 3.63) is 23.3 Å². The second kappa shape index (κ2) is 7.04. The monoisotopic (exact) mass is 281 g/mol. The van der Waals surface area contributed by atoms with Crippen molar-refractivity contribution < 1.29 is 14.3 Å². The number of rotatable bonds is 5. The number of carbonyl (C=O) groups excluding carboxylic acids is 1. The molecule has 0 spiro atoms. The van der Waals surface area contributed by atoms with Gasteiger partial charge in [0, 0.05) is 13.8 Å². The third kappa shape index (κ3) is 4.18. The van der Waals surface area contributed by atoms with Gasteiger partial charge in [-0.3, -0.25) is 0 Å². The molecule has 1 fully saturated rings. The number of allylic oxidation sites excluding steroid dienone is 3. The van der Waals surface area contributed by atoms with E-state index in [0.29, 0.717) is 5.57 Å². The van der Waals surface area contributed by atoms with Gasteiger partial charge in [-0.15, -0.1) is 0 Å². The Morgan fingerprint density at radius 3 is 2.55 bits per heavy atom. The highest BCUT2D eigenvalue weighted by molar-refractivity contribution is 5.90. The third-order valence-corrected chi connectivity index (χ3v) is 3.53. The first-order valence-electron chi connectivity index (χ1n) is 7.38. The minimum absolute atomic E-state index is 0.216. The summed E-state index contributed by atoms with van der Waals surface area (Å²) >= 11 is 0. The lowest BCUT2D eigenvalue weighted by Crippen LogP contribution is -2.48. The van der Waals surface area contributed by atoms with Crippen molar-refractivity contribution in [2.24, 2.45) is 11.7 Å². The quantitative estimate of drug-likeness (QED) is 0.477. The van der Waals surface area contributed by atoms with Crippen LogP contribution in [-0.4, -0.2) is 18.0 Å². The number of hydrogen-bond donors (Lipinski definition) is 1. The Labute approximate surface area is 122 Å². The molecule has 0 aliphatic carbocycles. The fourth-order valence-corrected chi connectivity index (χ4v) is 2.54. The zero-order valence-electron chi connectivity index (χ0n) is 13.2.